The Bertz CT molecular complexity index is 1160. The van der Waals surface area contributed by atoms with Crippen molar-refractivity contribution in [3.63, 3.8) is 0 Å². The van der Waals surface area contributed by atoms with Crippen molar-refractivity contribution in [1.82, 2.24) is 25.5 Å². The number of carbonyl (C=O) groups is 2. The number of rotatable bonds is 5. The number of carboxylic acid groups (broad SMARTS) is 1. The average Bonchev–Trinajstić information content (AvgIpc) is 3.36. The van der Waals surface area contributed by atoms with Crippen molar-refractivity contribution < 1.29 is 27.9 Å². The summed E-state index contributed by atoms with van der Waals surface area (Å²) < 4.78 is 33.6. The summed E-state index contributed by atoms with van der Waals surface area (Å²) in [7, 11) is 0. The standard InChI is InChI=1S/C21H22ClN5O.C2HF3O2/c22-19-6-3-7-20(27-9-8-23-14-27)18(19)13-26-21(28)25-12-17-10-15-4-1-2-5-16(15)11-24-17;3-2(4,5)1(6)7/h1-9,14,17,24H,10-13H2,(H2,25,26,28);(H,6,7). The number of imidazole rings is 1. The molecule has 4 rings (SSSR count). The summed E-state index contributed by atoms with van der Waals surface area (Å²) in [5.41, 5.74) is 4.42. The number of amides is 2. The highest BCUT2D eigenvalue weighted by Crippen LogP contribution is 2.23. The van der Waals surface area contributed by atoms with Crippen molar-refractivity contribution in [2.24, 2.45) is 0 Å². The first kappa shape index (κ1) is 26.0. The smallest absolute Gasteiger partial charge is 0.475 e. The van der Waals surface area contributed by atoms with Crippen LogP contribution in [0.2, 0.25) is 5.02 Å². The number of alkyl halides is 3. The lowest BCUT2D eigenvalue weighted by atomic mass is 9.96. The molecule has 2 heterocycles. The first-order valence-electron chi connectivity index (χ1n) is 10.5. The zero-order valence-corrected chi connectivity index (χ0v) is 19.1. The first-order valence-corrected chi connectivity index (χ1v) is 10.9. The number of hydrogen-bond donors (Lipinski definition) is 4. The molecule has 1 aromatic heterocycles. The highest BCUT2D eigenvalue weighted by Gasteiger charge is 2.38. The molecule has 0 spiro atoms. The van der Waals surface area contributed by atoms with Gasteiger partial charge in [-0.2, -0.15) is 13.2 Å². The molecule has 0 saturated carbocycles. The third-order valence-corrected chi connectivity index (χ3v) is 5.57. The number of urea groups is 1. The molecule has 1 aliphatic heterocycles. The van der Waals surface area contributed by atoms with E-state index in [-0.39, 0.29) is 12.1 Å². The monoisotopic (exact) mass is 509 g/mol. The van der Waals surface area contributed by atoms with Crippen LogP contribution in [0.4, 0.5) is 18.0 Å². The molecule has 8 nitrogen and oxygen atoms in total. The van der Waals surface area contributed by atoms with E-state index in [1.165, 1.54) is 11.1 Å². The van der Waals surface area contributed by atoms with E-state index < -0.39 is 12.1 Å². The fraction of sp³-hybridized carbons (Fsp3) is 0.261. The summed E-state index contributed by atoms with van der Waals surface area (Å²) in [6, 6.07) is 14.1. The number of nitrogens with one attached hydrogen (secondary N) is 3. The summed E-state index contributed by atoms with van der Waals surface area (Å²) >= 11 is 6.36. The van der Waals surface area contributed by atoms with Gasteiger partial charge in [-0.15, -0.1) is 0 Å². The van der Waals surface area contributed by atoms with E-state index in [9.17, 15) is 18.0 Å². The van der Waals surface area contributed by atoms with Crippen LogP contribution in [0.1, 0.15) is 16.7 Å². The van der Waals surface area contributed by atoms with Crippen LogP contribution in [0.5, 0.6) is 0 Å². The fourth-order valence-electron chi connectivity index (χ4n) is 3.48. The molecule has 1 aliphatic rings. The number of nitrogens with zero attached hydrogens (tertiary/aromatic N) is 2. The second-order valence-electron chi connectivity index (χ2n) is 7.62. The van der Waals surface area contributed by atoms with Gasteiger partial charge in [-0.3, -0.25) is 0 Å². The van der Waals surface area contributed by atoms with Crippen molar-refractivity contribution in [2.45, 2.75) is 31.7 Å². The normalized spacial score (nSPS) is 14.8. The summed E-state index contributed by atoms with van der Waals surface area (Å²) in [6.45, 7) is 1.73. The van der Waals surface area contributed by atoms with Crippen LogP contribution in [0.15, 0.2) is 61.2 Å². The molecule has 0 saturated heterocycles. The predicted octanol–water partition coefficient (Wildman–Crippen LogP) is 3.67. The largest absolute Gasteiger partial charge is 0.490 e. The third-order valence-electron chi connectivity index (χ3n) is 5.22. The Morgan fingerprint density at radius 3 is 2.51 bits per heavy atom. The van der Waals surface area contributed by atoms with Crippen LogP contribution in [0, 0.1) is 0 Å². The van der Waals surface area contributed by atoms with Gasteiger partial charge in [-0.25, -0.2) is 14.6 Å². The number of aliphatic carboxylic acids is 1. The molecule has 2 aromatic carbocycles. The zero-order valence-electron chi connectivity index (χ0n) is 18.3. The summed E-state index contributed by atoms with van der Waals surface area (Å²) in [5.74, 6) is -2.76. The van der Waals surface area contributed by atoms with Gasteiger partial charge < -0.3 is 25.6 Å². The van der Waals surface area contributed by atoms with E-state index in [0.717, 1.165) is 24.2 Å². The Morgan fingerprint density at radius 1 is 1.14 bits per heavy atom. The molecule has 1 atom stereocenters. The van der Waals surface area contributed by atoms with Crippen LogP contribution in [-0.4, -0.2) is 45.4 Å². The van der Waals surface area contributed by atoms with Crippen LogP contribution >= 0.6 is 11.6 Å². The number of carbonyl (C=O) groups excluding carboxylic acids is 1. The van der Waals surface area contributed by atoms with Gasteiger partial charge in [0.15, 0.2) is 0 Å². The van der Waals surface area contributed by atoms with Crippen LogP contribution in [0.25, 0.3) is 5.69 Å². The number of hydrogen-bond acceptors (Lipinski definition) is 4. The third kappa shape index (κ3) is 7.46. The molecule has 12 heteroatoms. The number of aromatic nitrogens is 2. The van der Waals surface area contributed by atoms with Gasteiger partial charge in [-0.05, 0) is 29.7 Å². The van der Waals surface area contributed by atoms with E-state index in [0.29, 0.717) is 18.1 Å². The Balaban J connectivity index is 0.000000429. The minimum Gasteiger partial charge on any atom is -0.475 e. The number of carboxylic acids is 1. The minimum absolute atomic E-state index is 0.211. The van der Waals surface area contributed by atoms with Crippen molar-refractivity contribution in [1.29, 1.82) is 0 Å². The van der Waals surface area contributed by atoms with Crippen molar-refractivity contribution in [2.75, 3.05) is 6.54 Å². The molecule has 0 fully saturated rings. The highest BCUT2D eigenvalue weighted by atomic mass is 35.5. The quantitative estimate of drug-likeness (QED) is 0.420. The Labute approximate surface area is 204 Å². The molecule has 186 valence electrons. The molecule has 0 radical (unpaired) electrons. The van der Waals surface area contributed by atoms with Gasteiger partial charge in [0.05, 0.1) is 12.0 Å². The van der Waals surface area contributed by atoms with Gasteiger partial charge >= 0.3 is 18.2 Å². The lowest BCUT2D eigenvalue weighted by molar-refractivity contribution is -0.192. The summed E-state index contributed by atoms with van der Waals surface area (Å²) in [6.07, 6.45) is 1.09. The zero-order chi connectivity index (χ0) is 25.4. The van der Waals surface area contributed by atoms with E-state index in [1.54, 1.807) is 12.5 Å². The Hall–Kier alpha value is -3.57. The molecule has 3 aromatic rings. The molecular weight excluding hydrogens is 487 g/mol. The molecule has 1 unspecified atom stereocenters. The molecule has 0 aliphatic carbocycles. The fourth-order valence-corrected chi connectivity index (χ4v) is 3.71. The van der Waals surface area contributed by atoms with E-state index in [4.69, 9.17) is 21.5 Å². The van der Waals surface area contributed by atoms with E-state index in [1.807, 2.05) is 29.0 Å². The lowest BCUT2D eigenvalue weighted by Gasteiger charge is -2.26. The van der Waals surface area contributed by atoms with Crippen LogP contribution in [-0.2, 0) is 24.3 Å². The molecule has 2 amide bonds. The van der Waals surface area contributed by atoms with Crippen molar-refractivity contribution in [3.05, 3.63) is 82.9 Å². The maximum absolute atomic E-state index is 12.3. The van der Waals surface area contributed by atoms with Gasteiger partial charge in [-0.1, -0.05) is 41.9 Å². The van der Waals surface area contributed by atoms with Crippen LogP contribution in [0.3, 0.4) is 0 Å². The molecule has 4 N–H and O–H groups in total. The molecular formula is C23H23ClF3N5O3. The van der Waals surface area contributed by atoms with E-state index >= 15 is 0 Å². The summed E-state index contributed by atoms with van der Waals surface area (Å²) in [4.78, 5) is 25.3. The Kier molecular flexibility index (Phi) is 8.72. The van der Waals surface area contributed by atoms with Gasteiger partial charge in [0, 0.05) is 48.7 Å². The Morgan fingerprint density at radius 2 is 1.86 bits per heavy atom. The SMILES string of the molecule is O=C(NCc1c(Cl)cccc1-n1ccnc1)NCC1Cc2ccccc2CN1.O=C(O)C(F)(F)F. The average molecular weight is 510 g/mol. The van der Waals surface area contributed by atoms with E-state index in [2.05, 4.69) is 45.2 Å². The maximum atomic E-state index is 12.3. The second kappa shape index (κ2) is 11.7. The predicted molar refractivity (Wildman–Crippen MR) is 123 cm³/mol. The summed E-state index contributed by atoms with van der Waals surface area (Å²) in [5, 5.41) is 17.1. The lowest BCUT2D eigenvalue weighted by Crippen LogP contribution is -2.47. The van der Waals surface area contributed by atoms with Crippen molar-refractivity contribution in [3.8, 4) is 5.69 Å². The number of fused-ring (bicyclic) bond motifs is 1. The molecule has 35 heavy (non-hydrogen) atoms. The van der Waals surface area contributed by atoms with Gasteiger partial charge in [0.1, 0.15) is 0 Å². The molecule has 0 bridgehead atoms. The minimum atomic E-state index is -5.08. The second-order valence-corrected chi connectivity index (χ2v) is 8.03. The highest BCUT2D eigenvalue weighted by molar-refractivity contribution is 6.31. The first-order chi connectivity index (χ1) is 16.6. The van der Waals surface area contributed by atoms with Gasteiger partial charge in [0.2, 0.25) is 0 Å². The topological polar surface area (TPSA) is 108 Å². The number of benzene rings is 2. The van der Waals surface area contributed by atoms with Crippen molar-refractivity contribution >= 4 is 23.6 Å². The van der Waals surface area contributed by atoms with Gasteiger partial charge in [0.25, 0.3) is 0 Å². The van der Waals surface area contributed by atoms with Crippen LogP contribution < -0.4 is 16.0 Å². The maximum Gasteiger partial charge on any atom is 0.490 e. The number of halogens is 4.